The summed E-state index contributed by atoms with van der Waals surface area (Å²) < 4.78 is 16.6. The molecule has 3 heterocycles. The lowest BCUT2D eigenvalue weighted by atomic mass is 9.96. The summed E-state index contributed by atoms with van der Waals surface area (Å²) in [5.41, 5.74) is 4.67. The number of hydrogen-bond acceptors (Lipinski definition) is 2. The molecule has 4 rings (SSSR count). The summed E-state index contributed by atoms with van der Waals surface area (Å²) in [4.78, 5) is 6.86. The molecule has 0 spiro atoms. The summed E-state index contributed by atoms with van der Waals surface area (Å²) in [5, 5.41) is 4.23. The van der Waals surface area contributed by atoms with Gasteiger partial charge in [0.2, 0.25) is 0 Å². The fraction of sp³-hybridized carbons (Fsp3) is 0.333. The molecule has 2 aromatic heterocycles. The molecule has 1 aromatic carbocycles. The zero-order chi connectivity index (χ0) is 21.4. The first-order chi connectivity index (χ1) is 14.4. The lowest BCUT2D eigenvalue weighted by Crippen LogP contribution is -2.33. The van der Waals surface area contributed by atoms with Crippen LogP contribution in [0.4, 0.5) is 4.39 Å². The molecule has 1 aliphatic heterocycles. The molecular formula is C24H27FN4S. The van der Waals surface area contributed by atoms with E-state index in [-0.39, 0.29) is 17.9 Å². The van der Waals surface area contributed by atoms with Crippen LogP contribution in [0, 0.1) is 25.6 Å². The van der Waals surface area contributed by atoms with Gasteiger partial charge in [0.15, 0.2) is 5.11 Å². The first kappa shape index (κ1) is 20.5. The van der Waals surface area contributed by atoms with Crippen LogP contribution >= 0.6 is 12.2 Å². The van der Waals surface area contributed by atoms with Gasteiger partial charge in [-0.25, -0.2) is 4.39 Å². The maximum absolute atomic E-state index is 14.6. The predicted molar refractivity (Wildman–Crippen MR) is 122 cm³/mol. The van der Waals surface area contributed by atoms with E-state index in [1.165, 1.54) is 6.07 Å². The lowest BCUT2D eigenvalue weighted by molar-refractivity contribution is 0.287. The number of aryl methyl sites for hydroxylation is 1. The van der Waals surface area contributed by atoms with Crippen molar-refractivity contribution < 1.29 is 4.39 Å². The Hall–Kier alpha value is -2.73. The summed E-state index contributed by atoms with van der Waals surface area (Å²) in [6.07, 6.45) is 1.81. The number of thiocarbonyl (C=S) groups is 1. The minimum atomic E-state index is -0.230. The summed E-state index contributed by atoms with van der Waals surface area (Å²) in [5.74, 6) is 0.219. The Kier molecular flexibility index (Phi) is 5.60. The molecule has 0 radical (unpaired) electrons. The maximum Gasteiger partial charge on any atom is 0.170 e. The third kappa shape index (κ3) is 3.60. The van der Waals surface area contributed by atoms with Crippen LogP contribution in [0.3, 0.4) is 0 Å². The number of nitrogens with zero attached hydrogens (tertiary/aromatic N) is 3. The summed E-state index contributed by atoms with van der Waals surface area (Å²) in [6, 6.07) is 14.9. The van der Waals surface area contributed by atoms with E-state index in [1.807, 2.05) is 48.0 Å². The Bertz CT molecular complexity index is 1060. The van der Waals surface area contributed by atoms with Gasteiger partial charge in [0, 0.05) is 24.1 Å². The Labute approximate surface area is 182 Å². The zero-order valence-corrected chi connectivity index (χ0v) is 18.6. The second-order valence-corrected chi connectivity index (χ2v) is 8.67. The predicted octanol–water partition coefficient (Wildman–Crippen LogP) is 5.26. The van der Waals surface area contributed by atoms with Gasteiger partial charge in [-0.3, -0.25) is 4.98 Å². The van der Waals surface area contributed by atoms with E-state index in [0.717, 1.165) is 34.3 Å². The fourth-order valence-electron chi connectivity index (χ4n) is 4.42. The van der Waals surface area contributed by atoms with Gasteiger partial charge in [-0.15, -0.1) is 0 Å². The molecule has 4 nitrogen and oxygen atoms in total. The molecule has 3 aromatic rings. The highest BCUT2D eigenvalue weighted by molar-refractivity contribution is 7.80. The van der Waals surface area contributed by atoms with Crippen LogP contribution in [0.2, 0.25) is 0 Å². The van der Waals surface area contributed by atoms with Gasteiger partial charge in [-0.05, 0) is 67.9 Å². The van der Waals surface area contributed by atoms with E-state index in [1.54, 1.807) is 6.07 Å². The number of aromatic nitrogens is 2. The van der Waals surface area contributed by atoms with E-state index < -0.39 is 0 Å². The van der Waals surface area contributed by atoms with Crippen molar-refractivity contribution in [1.29, 1.82) is 0 Å². The summed E-state index contributed by atoms with van der Waals surface area (Å²) >= 11 is 5.73. The molecule has 6 heteroatoms. The molecule has 0 aliphatic carbocycles. The highest BCUT2D eigenvalue weighted by atomic mass is 32.1. The minimum absolute atomic E-state index is 0.0125. The van der Waals surface area contributed by atoms with Crippen molar-refractivity contribution in [2.45, 2.75) is 39.8 Å². The van der Waals surface area contributed by atoms with Gasteiger partial charge in [-0.1, -0.05) is 32.0 Å². The monoisotopic (exact) mass is 422 g/mol. The standard InChI is InChI=1S/C24H27FN4S/c1-15(2)14-28-23(22(27-24(28)30)20-10-7-8-12-26-20)18-13-16(3)29(17(18)4)21-11-6-5-9-19(21)25/h5-13,15,22-23H,14H2,1-4H3,(H,27,30)/t22-,23+/m1/s1. The largest absolute Gasteiger partial charge is 0.352 e. The van der Waals surface area contributed by atoms with Crippen LogP contribution in [-0.2, 0) is 0 Å². The third-order valence-corrected chi connectivity index (χ3v) is 5.99. The molecular weight excluding hydrogens is 395 g/mol. The molecule has 2 atom stereocenters. The topological polar surface area (TPSA) is 33.1 Å². The molecule has 0 bridgehead atoms. The molecule has 0 amide bonds. The smallest absolute Gasteiger partial charge is 0.170 e. The lowest BCUT2D eigenvalue weighted by Gasteiger charge is -2.29. The first-order valence-corrected chi connectivity index (χ1v) is 10.7. The average Bonchev–Trinajstić information content (AvgIpc) is 3.18. The molecule has 1 fully saturated rings. The van der Waals surface area contributed by atoms with E-state index >= 15 is 0 Å². The molecule has 0 saturated carbocycles. The van der Waals surface area contributed by atoms with Crippen LogP contribution < -0.4 is 5.32 Å². The van der Waals surface area contributed by atoms with Gasteiger partial charge >= 0.3 is 0 Å². The maximum atomic E-state index is 14.6. The zero-order valence-electron chi connectivity index (χ0n) is 17.8. The quantitative estimate of drug-likeness (QED) is 0.569. The average molecular weight is 423 g/mol. The van der Waals surface area contributed by atoms with Crippen LogP contribution in [0.5, 0.6) is 0 Å². The van der Waals surface area contributed by atoms with Crippen LogP contribution in [-0.4, -0.2) is 26.1 Å². The molecule has 1 aliphatic rings. The highest BCUT2D eigenvalue weighted by Gasteiger charge is 2.41. The van der Waals surface area contributed by atoms with Gasteiger partial charge < -0.3 is 14.8 Å². The van der Waals surface area contributed by atoms with Crippen molar-refractivity contribution in [3.8, 4) is 5.69 Å². The van der Waals surface area contributed by atoms with E-state index in [4.69, 9.17) is 12.2 Å². The molecule has 1 N–H and O–H groups in total. The number of nitrogens with one attached hydrogen (secondary N) is 1. The summed E-state index contributed by atoms with van der Waals surface area (Å²) in [6.45, 7) is 9.29. The highest BCUT2D eigenvalue weighted by Crippen LogP contribution is 2.41. The van der Waals surface area contributed by atoms with Crippen molar-refractivity contribution in [1.82, 2.24) is 19.8 Å². The van der Waals surface area contributed by atoms with Crippen molar-refractivity contribution >= 4 is 17.3 Å². The van der Waals surface area contributed by atoms with Crippen molar-refractivity contribution in [3.63, 3.8) is 0 Å². The van der Waals surface area contributed by atoms with E-state index in [2.05, 4.69) is 42.0 Å². The second kappa shape index (κ2) is 8.19. The Morgan fingerprint density at radius 1 is 1.13 bits per heavy atom. The fourth-order valence-corrected chi connectivity index (χ4v) is 4.74. The van der Waals surface area contributed by atoms with Gasteiger partial charge in [-0.2, -0.15) is 0 Å². The molecule has 156 valence electrons. The number of pyridine rings is 1. The second-order valence-electron chi connectivity index (χ2n) is 8.29. The SMILES string of the molecule is Cc1cc([C@H]2[C@@H](c3ccccn3)NC(=S)N2CC(C)C)c(C)n1-c1ccccc1F. The molecule has 30 heavy (non-hydrogen) atoms. The van der Waals surface area contributed by atoms with Crippen molar-refractivity contribution in [2.24, 2.45) is 5.92 Å². The Morgan fingerprint density at radius 2 is 1.87 bits per heavy atom. The number of para-hydroxylation sites is 1. The van der Waals surface area contributed by atoms with Crippen LogP contribution in [0.25, 0.3) is 5.69 Å². The Balaban J connectivity index is 1.85. The van der Waals surface area contributed by atoms with Gasteiger partial charge in [0.25, 0.3) is 0 Å². The summed E-state index contributed by atoms with van der Waals surface area (Å²) in [7, 11) is 0. The van der Waals surface area contributed by atoms with E-state index in [9.17, 15) is 4.39 Å². The number of hydrogen-bond donors (Lipinski definition) is 1. The first-order valence-electron chi connectivity index (χ1n) is 10.3. The van der Waals surface area contributed by atoms with Crippen molar-refractivity contribution in [3.05, 3.63) is 83.2 Å². The third-order valence-electron chi connectivity index (χ3n) is 5.64. The molecule has 0 unspecified atom stereocenters. The van der Waals surface area contributed by atoms with Gasteiger partial charge in [0.1, 0.15) is 5.82 Å². The normalized spacial score (nSPS) is 18.9. The molecule has 1 saturated heterocycles. The van der Waals surface area contributed by atoms with Crippen LogP contribution in [0.1, 0.15) is 48.6 Å². The van der Waals surface area contributed by atoms with Crippen molar-refractivity contribution in [2.75, 3.05) is 6.54 Å². The number of rotatable bonds is 5. The number of benzene rings is 1. The van der Waals surface area contributed by atoms with Crippen LogP contribution in [0.15, 0.2) is 54.7 Å². The number of halogens is 1. The minimum Gasteiger partial charge on any atom is -0.352 e. The Morgan fingerprint density at radius 3 is 2.53 bits per heavy atom. The van der Waals surface area contributed by atoms with Gasteiger partial charge in [0.05, 0.1) is 23.5 Å². The van der Waals surface area contributed by atoms with E-state index in [0.29, 0.717) is 11.6 Å².